The molecule has 0 amide bonds. The average Bonchev–Trinajstić information content (AvgIpc) is 2.98. The lowest BCUT2D eigenvalue weighted by molar-refractivity contribution is 0.247. The minimum Gasteiger partial charge on any atom is -0.310 e. The Morgan fingerprint density at radius 3 is 2.95 bits per heavy atom. The second kappa shape index (κ2) is 8.78. The van der Waals surface area contributed by atoms with Crippen molar-refractivity contribution >= 4 is 39.3 Å². The number of thioether (sulfide) groups is 1. The van der Waals surface area contributed by atoms with Gasteiger partial charge in [-0.15, -0.1) is 0 Å². The molecule has 2 nitrogen and oxygen atoms in total. The average molecular weight is 392 g/mol. The van der Waals surface area contributed by atoms with Gasteiger partial charge in [0.05, 0.1) is 0 Å². The van der Waals surface area contributed by atoms with Gasteiger partial charge < -0.3 is 10.2 Å². The molecule has 1 N–H and O–H groups in total. The molecule has 1 heterocycles. The molecule has 1 aliphatic heterocycles. The molecule has 0 spiro atoms. The zero-order chi connectivity index (χ0) is 15.2. The number of hydrogen-bond acceptors (Lipinski definition) is 3. The van der Waals surface area contributed by atoms with Crippen molar-refractivity contribution in [3.8, 4) is 0 Å². The van der Waals surface area contributed by atoms with Gasteiger partial charge in [-0.1, -0.05) is 40.5 Å². The molecule has 2 unspecified atom stereocenters. The van der Waals surface area contributed by atoms with Crippen molar-refractivity contribution in [3.63, 3.8) is 0 Å². The maximum Gasteiger partial charge on any atom is 0.0465 e. The van der Waals surface area contributed by atoms with Crippen LogP contribution in [0.5, 0.6) is 0 Å². The zero-order valence-electron chi connectivity index (χ0n) is 12.7. The molecule has 0 radical (unpaired) electrons. The van der Waals surface area contributed by atoms with Gasteiger partial charge in [-0.2, -0.15) is 11.8 Å². The van der Waals surface area contributed by atoms with Crippen LogP contribution in [0.15, 0.2) is 22.7 Å². The summed E-state index contributed by atoms with van der Waals surface area (Å²) < 4.78 is 1.03. The molecule has 1 fully saturated rings. The number of benzene rings is 1. The molecule has 1 aliphatic rings. The zero-order valence-corrected chi connectivity index (χ0v) is 15.9. The largest absolute Gasteiger partial charge is 0.310 e. The van der Waals surface area contributed by atoms with Gasteiger partial charge in [0.25, 0.3) is 0 Å². The quantitative estimate of drug-likeness (QED) is 0.732. The van der Waals surface area contributed by atoms with Crippen LogP contribution in [0.1, 0.15) is 31.4 Å². The van der Waals surface area contributed by atoms with E-state index < -0.39 is 0 Å². The van der Waals surface area contributed by atoms with Crippen LogP contribution >= 0.6 is 39.3 Å². The number of halogens is 2. The summed E-state index contributed by atoms with van der Waals surface area (Å²) in [5, 5.41) is 4.42. The maximum absolute atomic E-state index is 6.42. The molecule has 0 aliphatic carbocycles. The van der Waals surface area contributed by atoms with E-state index in [-0.39, 0.29) is 0 Å². The Hall–Kier alpha value is 0.260. The van der Waals surface area contributed by atoms with E-state index in [0.29, 0.717) is 6.04 Å². The number of hydrogen-bond donors (Lipinski definition) is 1. The van der Waals surface area contributed by atoms with E-state index in [9.17, 15) is 0 Å². The molecule has 1 aromatic carbocycles. The fourth-order valence-corrected chi connectivity index (χ4v) is 4.89. The van der Waals surface area contributed by atoms with Crippen molar-refractivity contribution in [2.45, 2.75) is 31.8 Å². The van der Waals surface area contributed by atoms with E-state index in [2.05, 4.69) is 64.0 Å². The molecule has 2 rings (SSSR count). The first-order valence-corrected chi connectivity index (χ1v) is 9.90. The van der Waals surface area contributed by atoms with Gasteiger partial charge in [0, 0.05) is 27.3 Å². The predicted molar refractivity (Wildman–Crippen MR) is 98.5 cm³/mol. The van der Waals surface area contributed by atoms with Crippen LogP contribution in [0.4, 0.5) is 0 Å². The summed E-state index contributed by atoms with van der Waals surface area (Å²) in [6.07, 6.45) is 2.42. The Morgan fingerprint density at radius 1 is 1.52 bits per heavy atom. The monoisotopic (exact) mass is 390 g/mol. The van der Waals surface area contributed by atoms with Crippen molar-refractivity contribution in [3.05, 3.63) is 33.3 Å². The molecule has 0 saturated carbocycles. The second-order valence-corrected chi connectivity index (χ2v) is 8.04. The molecule has 2 atom stereocenters. The van der Waals surface area contributed by atoms with Crippen molar-refractivity contribution in [2.24, 2.45) is 0 Å². The third kappa shape index (κ3) is 5.14. The molecule has 0 aromatic heterocycles. The van der Waals surface area contributed by atoms with Crippen LogP contribution in [0.2, 0.25) is 5.02 Å². The summed E-state index contributed by atoms with van der Waals surface area (Å²) in [6.45, 7) is 4.21. The van der Waals surface area contributed by atoms with E-state index >= 15 is 0 Å². The van der Waals surface area contributed by atoms with Crippen LogP contribution in [0.3, 0.4) is 0 Å². The summed E-state index contributed by atoms with van der Waals surface area (Å²) in [6, 6.07) is 7.26. The lowest BCUT2D eigenvalue weighted by Gasteiger charge is -2.27. The lowest BCUT2D eigenvalue weighted by Crippen LogP contribution is -2.34. The summed E-state index contributed by atoms with van der Waals surface area (Å²) in [7, 11) is 2.25. The SMILES string of the molecule is CCNC(CCN(C)C1CCSC1)c1ccc(Br)cc1Cl. The molecule has 5 heteroatoms. The highest BCUT2D eigenvalue weighted by molar-refractivity contribution is 9.10. The van der Waals surface area contributed by atoms with Crippen molar-refractivity contribution in [2.75, 3.05) is 31.6 Å². The van der Waals surface area contributed by atoms with Gasteiger partial charge in [-0.3, -0.25) is 0 Å². The molecular formula is C16H24BrClN2S. The van der Waals surface area contributed by atoms with Crippen molar-refractivity contribution in [1.82, 2.24) is 10.2 Å². The first-order chi connectivity index (χ1) is 10.1. The highest BCUT2D eigenvalue weighted by Crippen LogP contribution is 2.29. The van der Waals surface area contributed by atoms with Crippen LogP contribution < -0.4 is 5.32 Å². The predicted octanol–water partition coefficient (Wildman–Crippen LogP) is 4.58. The van der Waals surface area contributed by atoms with Gasteiger partial charge >= 0.3 is 0 Å². The summed E-state index contributed by atoms with van der Waals surface area (Å²) in [4.78, 5) is 2.51. The maximum atomic E-state index is 6.42. The molecule has 118 valence electrons. The summed E-state index contributed by atoms with van der Waals surface area (Å²) in [5.41, 5.74) is 1.20. The van der Waals surface area contributed by atoms with E-state index in [1.54, 1.807) is 0 Å². The fraction of sp³-hybridized carbons (Fsp3) is 0.625. The third-order valence-electron chi connectivity index (χ3n) is 4.09. The standard InChI is InChI=1S/C16H24BrClN2S/c1-3-19-16(14-5-4-12(17)10-15(14)18)6-8-20(2)13-7-9-21-11-13/h4-5,10,13,16,19H,3,6-9,11H2,1-2H3. The first kappa shape index (κ1) is 17.6. The smallest absolute Gasteiger partial charge is 0.0465 e. The molecule has 1 saturated heterocycles. The van der Waals surface area contributed by atoms with Gasteiger partial charge in [0.15, 0.2) is 0 Å². The Morgan fingerprint density at radius 2 is 2.33 bits per heavy atom. The Bertz CT molecular complexity index is 452. The van der Waals surface area contributed by atoms with E-state index in [0.717, 1.165) is 35.0 Å². The highest BCUT2D eigenvalue weighted by atomic mass is 79.9. The van der Waals surface area contributed by atoms with Crippen LogP contribution in [-0.2, 0) is 0 Å². The normalized spacial score (nSPS) is 20.1. The van der Waals surface area contributed by atoms with Gasteiger partial charge in [0.2, 0.25) is 0 Å². The van der Waals surface area contributed by atoms with Crippen molar-refractivity contribution in [1.29, 1.82) is 0 Å². The number of rotatable bonds is 7. The molecule has 1 aromatic rings. The Labute approximate surface area is 146 Å². The fourth-order valence-electron chi connectivity index (χ4n) is 2.78. The molecule has 0 bridgehead atoms. The Balaban J connectivity index is 1.97. The minimum atomic E-state index is 0.326. The van der Waals surface area contributed by atoms with Gasteiger partial charge in [-0.05, 0) is 56.4 Å². The van der Waals surface area contributed by atoms with E-state index in [1.165, 1.54) is 23.5 Å². The Kier molecular flexibility index (Phi) is 7.36. The topological polar surface area (TPSA) is 15.3 Å². The number of nitrogens with one attached hydrogen (secondary N) is 1. The van der Waals surface area contributed by atoms with Gasteiger partial charge in [0.1, 0.15) is 0 Å². The number of nitrogens with zero attached hydrogens (tertiary/aromatic N) is 1. The van der Waals surface area contributed by atoms with E-state index in [1.807, 2.05) is 6.07 Å². The van der Waals surface area contributed by atoms with E-state index in [4.69, 9.17) is 11.6 Å². The summed E-state index contributed by atoms with van der Waals surface area (Å²) >= 11 is 12.0. The summed E-state index contributed by atoms with van der Waals surface area (Å²) in [5.74, 6) is 2.59. The molecule has 21 heavy (non-hydrogen) atoms. The first-order valence-electron chi connectivity index (χ1n) is 7.58. The van der Waals surface area contributed by atoms with Crippen LogP contribution in [0, 0.1) is 0 Å². The van der Waals surface area contributed by atoms with Crippen LogP contribution in [-0.4, -0.2) is 42.6 Å². The highest BCUT2D eigenvalue weighted by Gasteiger charge is 2.21. The van der Waals surface area contributed by atoms with Gasteiger partial charge in [-0.25, -0.2) is 0 Å². The minimum absolute atomic E-state index is 0.326. The third-order valence-corrected chi connectivity index (χ3v) is 6.05. The van der Waals surface area contributed by atoms with Crippen molar-refractivity contribution < 1.29 is 0 Å². The second-order valence-electron chi connectivity index (χ2n) is 5.56. The molecular weight excluding hydrogens is 368 g/mol. The van der Waals surface area contributed by atoms with Crippen LogP contribution in [0.25, 0.3) is 0 Å². The lowest BCUT2D eigenvalue weighted by atomic mass is 10.0.